The number of aromatic nitrogens is 3. The molecular weight excluding hydrogens is 316 g/mol. The molecule has 1 atom stereocenters. The predicted octanol–water partition coefficient (Wildman–Crippen LogP) is 2.23. The number of nitrogens with zero attached hydrogens (tertiary/aromatic N) is 4. The van der Waals surface area contributed by atoms with Gasteiger partial charge in [0.15, 0.2) is 5.69 Å². The van der Waals surface area contributed by atoms with Crippen molar-refractivity contribution in [1.82, 2.24) is 19.9 Å². The Morgan fingerprint density at radius 1 is 1.39 bits per heavy atom. The van der Waals surface area contributed by atoms with Gasteiger partial charge in [-0.05, 0) is 30.5 Å². The summed E-state index contributed by atoms with van der Waals surface area (Å²) in [4.78, 5) is 14.3. The molecule has 0 N–H and O–H groups in total. The first-order valence-corrected chi connectivity index (χ1v) is 8.00. The maximum Gasteiger partial charge on any atom is 0.276 e. The molecule has 7 heteroatoms. The van der Waals surface area contributed by atoms with Crippen LogP contribution in [0.2, 0.25) is 5.02 Å². The largest absolute Gasteiger partial charge is 0.380 e. The number of carbonyl (C=O) groups is 1. The van der Waals surface area contributed by atoms with Crippen LogP contribution in [-0.2, 0) is 11.3 Å². The van der Waals surface area contributed by atoms with Gasteiger partial charge in [-0.1, -0.05) is 28.9 Å². The fraction of sp³-hybridized carbons (Fsp3) is 0.438. The highest BCUT2D eigenvalue weighted by molar-refractivity contribution is 6.30. The normalized spacial score (nSPS) is 18.2. The summed E-state index contributed by atoms with van der Waals surface area (Å²) in [5.74, 6) is -0.0888. The molecule has 3 rings (SSSR count). The van der Waals surface area contributed by atoms with E-state index in [1.807, 2.05) is 24.3 Å². The number of likely N-dealkylation sites (tertiary alicyclic amines) is 1. The van der Waals surface area contributed by atoms with Gasteiger partial charge in [0.25, 0.3) is 5.91 Å². The van der Waals surface area contributed by atoms with E-state index in [2.05, 4.69) is 10.3 Å². The molecular formula is C16H19ClN4O2. The molecule has 1 amide bonds. The lowest BCUT2D eigenvalue weighted by molar-refractivity contribution is 0.0265. The van der Waals surface area contributed by atoms with E-state index in [0.717, 1.165) is 24.9 Å². The van der Waals surface area contributed by atoms with Gasteiger partial charge in [0, 0.05) is 25.2 Å². The second-order valence-electron chi connectivity index (χ2n) is 5.68. The van der Waals surface area contributed by atoms with Crippen LogP contribution in [0.5, 0.6) is 0 Å². The molecule has 0 radical (unpaired) electrons. The Bertz CT molecular complexity index is 671. The Hall–Kier alpha value is -1.92. The van der Waals surface area contributed by atoms with Gasteiger partial charge < -0.3 is 9.64 Å². The standard InChI is InChI=1S/C16H19ClN4O2/c1-23-14-3-2-8-20(10-14)16(22)15-11-21(19-18-15)9-12-4-6-13(17)7-5-12/h4-7,11,14H,2-3,8-10H2,1H3/t14-/m1/s1. The lowest BCUT2D eigenvalue weighted by atomic mass is 10.1. The number of halogens is 1. The van der Waals surface area contributed by atoms with E-state index in [4.69, 9.17) is 16.3 Å². The Kier molecular flexibility index (Phi) is 4.93. The molecule has 6 nitrogen and oxygen atoms in total. The van der Waals surface area contributed by atoms with Gasteiger partial charge in [-0.2, -0.15) is 0 Å². The Morgan fingerprint density at radius 2 is 2.17 bits per heavy atom. The van der Waals surface area contributed by atoms with Crippen molar-refractivity contribution in [3.63, 3.8) is 0 Å². The number of ether oxygens (including phenoxy) is 1. The van der Waals surface area contributed by atoms with Crippen molar-refractivity contribution >= 4 is 17.5 Å². The number of piperidine rings is 1. The van der Waals surface area contributed by atoms with Gasteiger partial charge in [0.1, 0.15) is 0 Å². The summed E-state index contributed by atoms with van der Waals surface area (Å²) in [6.07, 6.45) is 3.73. The lowest BCUT2D eigenvalue weighted by Gasteiger charge is -2.31. The molecule has 2 aromatic rings. The average molecular weight is 335 g/mol. The van der Waals surface area contributed by atoms with E-state index < -0.39 is 0 Å². The first-order valence-electron chi connectivity index (χ1n) is 7.62. The van der Waals surface area contributed by atoms with Gasteiger partial charge in [0.2, 0.25) is 0 Å². The molecule has 0 aliphatic carbocycles. The van der Waals surface area contributed by atoms with Crippen LogP contribution in [-0.4, -0.2) is 52.1 Å². The van der Waals surface area contributed by atoms with Crippen molar-refractivity contribution in [3.8, 4) is 0 Å². The molecule has 1 aliphatic heterocycles. The molecule has 122 valence electrons. The fourth-order valence-corrected chi connectivity index (χ4v) is 2.85. The number of benzene rings is 1. The monoisotopic (exact) mass is 334 g/mol. The summed E-state index contributed by atoms with van der Waals surface area (Å²) in [7, 11) is 1.68. The third kappa shape index (κ3) is 3.89. The topological polar surface area (TPSA) is 60.2 Å². The maximum absolute atomic E-state index is 12.5. The Labute approximate surface area is 140 Å². The zero-order valence-electron chi connectivity index (χ0n) is 13.0. The Morgan fingerprint density at radius 3 is 2.91 bits per heavy atom. The van der Waals surface area contributed by atoms with Gasteiger partial charge in [-0.25, -0.2) is 4.68 Å². The minimum atomic E-state index is -0.0888. The van der Waals surface area contributed by atoms with E-state index in [1.54, 1.807) is 22.9 Å². The molecule has 0 bridgehead atoms. The van der Waals surface area contributed by atoms with Gasteiger partial charge in [-0.15, -0.1) is 5.10 Å². The first-order chi connectivity index (χ1) is 11.2. The molecule has 0 saturated carbocycles. The molecule has 2 heterocycles. The van der Waals surface area contributed by atoms with Gasteiger partial charge >= 0.3 is 0 Å². The molecule has 1 aromatic carbocycles. The van der Waals surface area contributed by atoms with Crippen molar-refractivity contribution in [2.45, 2.75) is 25.5 Å². The molecule has 23 heavy (non-hydrogen) atoms. The van der Waals surface area contributed by atoms with E-state index in [0.29, 0.717) is 23.8 Å². The van der Waals surface area contributed by atoms with Crippen LogP contribution >= 0.6 is 11.6 Å². The first kappa shape index (κ1) is 16.0. The van der Waals surface area contributed by atoms with Crippen LogP contribution in [0, 0.1) is 0 Å². The number of carbonyl (C=O) groups excluding carboxylic acids is 1. The summed E-state index contributed by atoms with van der Waals surface area (Å²) in [5, 5.41) is 8.75. The van der Waals surface area contributed by atoms with Crippen molar-refractivity contribution in [2.75, 3.05) is 20.2 Å². The second-order valence-corrected chi connectivity index (χ2v) is 6.12. The summed E-state index contributed by atoms with van der Waals surface area (Å²) in [6.45, 7) is 1.90. The number of rotatable bonds is 4. The summed E-state index contributed by atoms with van der Waals surface area (Å²) < 4.78 is 7.02. The van der Waals surface area contributed by atoms with E-state index in [9.17, 15) is 4.79 Å². The molecule has 1 fully saturated rings. The second kappa shape index (κ2) is 7.10. The van der Waals surface area contributed by atoms with Crippen molar-refractivity contribution in [2.24, 2.45) is 0 Å². The zero-order chi connectivity index (χ0) is 16.2. The highest BCUT2D eigenvalue weighted by atomic mass is 35.5. The number of hydrogen-bond acceptors (Lipinski definition) is 4. The maximum atomic E-state index is 12.5. The van der Waals surface area contributed by atoms with Crippen molar-refractivity contribution in [3.05, 3.63) is 46.7 Å². The summed E-state index contributed by atoms with van der Waals surface area (Å²) >= 11 is 5.87. The van der Waals surface area contributed by atoms with E-state index >= 15 is 0 Å². The number of hydrogen-bond donors (Lipinski definition) is 0. The zero-order valence-corrected chi connectivity index (χ0v) is 13.7. The lowest BCUT2D eigenvalue weighted by Crippen LogP contribution is -2.43. The van der Waals surface area contributed by atoms with Gasteiger partial charge in [-0.3, -0.25) is 4.79 Å². The third-order valence-electron chi connectivity index (χ3n) is 4.01. The molecule has 1 saturated heterocycles. The van der Waals surface area contributed by atoms with Crippen LogP contribution in [0.3, 0.4) is 0 Å². The van der Waals surface area contributed by atoms with E-state index in [1.165, 1.54) is 0 Å². The smallest absolute Gasteiger partial charge is 0.276 e. The van der Waals surface area contributed by atoms with Crippen molar-refractivity contribution in [1.29, 1.82) is 0 Å². The summed E-state index contributed by atoms with van der Waals surface area (Å²) in [5.41, 5.74) is 1.42. The molecule has 0 unspecified atom stereocenters. The van der Waals surface area contributed by atoms with E-state index in [-0.39, 0.29) is 12.0 Å². The molecule has 1 aliphatic rings. The molecule has 1 aromatic heterocycles. The minimum absolute atomic E-state index is 0.0888. The molecule has 0 spiro atoms. The predicted molar refractivity (Wildman–Crippen MR) is 86.5 cm³/mol. The number of methoxy groups -OCH3 is 1. The SMILES string of the molecule is CO[C@@H]1CCCN(C(=O)c2cn(Cc3ccc(Cl)cc3)nn2)C1. The van der Waals surface area contributed by atoms with Crippen LogP contribution in [0.4, 0.5) is 0 Å². The fourth-order valence-electron chi connectivity index (χ4n) is 2.73. The van der Waals surface area contributed by atoms with Crippen molar-refractivity contribution < 1.29 is 9.53 Å². The van der Waals surface area contributed by atoms with Crippen LogP contribution in [0.1, 0.15) is 28.9 Å². The quantitative estimate of drug-likeness (QED) is 0.860. The summed E-state index contributed by atoms with van der Waals surface area (Å²) in [6, 6.07) is 7.52. The highest BCUT2D eigenvalue weighted by Crippen LogP contribution is 2.15. The Balaban J connectivity index is 1.66. The van der Waals surface area contributed by atoms with Crippen LogP contribution in [0.25, 0.3) is 0 Å². The average Bonchev–Trinajstić information content (AvgIpc) is 3.05. The van der Waals surface area contributed by atoms with Crippen LogP contribution < -0.4 is 0 Å². The third-order valence-corrected chi connectivity index (χ3v) is 4.27. The van der Waals surface area contributed by atoms with Gasteiger partial charge in [0.05, 0.1) is 18.8 Å². The minimum Gasteiger partial charge on any atom is -0.380 e. The number of amides is 1. The highest BCUT2D eigenvalue weighted by Gasteiger charge is 2.25. The van der Waals surface area contributed by atoms with Crippen LogP contribution in [0.15, 0.2) is 30.5 Å².